The molecule has 2 aliphatic heterocycles. The number of carbonyl (C=O) groups is 1. The molecule has 232 valence electrons. The summed E-state index contributed by atoms with van der Waals surface area (Å²) in [7, 11) is 1.65. The normalized spacial score (nSPS) is 17.6. The summed E-state index contributed by atoms with van der Waals surface area (Å²) in [5, 5.41) is 10.4. The van der Waals surface area contributed by atoms with E-state index in [2.05, 4.69) is 37.1 Å². The van der Waals surface area contributed by atoms with Gasteiger partial charge in [0.1, 0.15) is 29.4 Å². The van der Waals surface area contributed by atoms with E-state index in [-0.39, 0.29) is 11.2 Å². The number of amides is 1. The van der Waals surface area contributed by atoms with E-state index in [1.807, 2.05) is 75.5 Å². The Kier molecular flexibility index (Phi) is 9.95. The lowest BCUT2D eigenvalue weighted by Gasteiger charge is -2.26. The van der Waals surface area contributed by atoms with E-state index in [9.17, 15) is 4.79 Å². The molecule has 0 saturated carbocycles. The fourth-order valence-corrected chi connectivity index (χ4v) is 5.66. The number of benzene rings is 2. The quantitative estimate of drug-likeness (QED) is 0.198. The number of ether oxygens (including phenoxy) is 2. The first-order valence-corrected chi connectivity index (χ1v) is 15.2. The van der Waals surface area contributed by atoms with Gasteiger partial charge in [0.25, 0.3) is 5.91 Å². The molecule has 1 fully saturated rings. The lowest BCUT2D eigenvalue weighted by Crippen LogP contribution is -2.35. The molecule has 11 heteroatoms. The number of nitrogens with zero attached hydrogens (tertiary/aromatic N) is 6. The van der Waals surface area contributed by atoms with Crippen LogP contribution in [0, 0.1) is 18.8 Å². The summed E-state index contributed by atoms with van der Waals surface area (Å²) in [4.78, 5) is 25.5. The van der Waals surface area contributed by atoms with Crippen LogP contribution in [0.5, 0.6) is 11.5 Å². The van der Waals surface area contributed by atoms with Crippen LogP contribution < -0.4 is 19.7 Å². The van der Waals surface area contributed by atoms with Crippen LogP contribution >= 0.6 is 12.6 Å². The third-order valence-electron chi connectivity index (χ3n) is 7.43. The number of hydrogen-bond donors (Lipinski definition) is 2. The van der Waals surface area contributed by atoms with E-state index in [1.54, 1.807) is 30.2 Å². The van der Waals surface area contributed by atoms with E-state index in [4.69, 9.17) is 22.1 Å². The number of hydrogen-bond acceptors (Lipinski definition) is 10. The van der Waals surface area contributed by atoms with Crippen molar-refractivity contribution in [2.75, 3.05) is 43.5 Å². The first-order chi connectivity index (χ1) is 21.8. The third kappa shape index (κ3) is 7.24. The van der Waals surface area contributed by atoms with Gasteiger partial charge in [-0.15, -0.1) is 0 Å². The molecule has 10 nitrogen and oxygen atoms in total. The SMILES string of the molecule is CC#CC(=O)N1CCN(c2cc3c(Nc4ccc(OC5=CC(=CC)N(/N=C\C)C=C5)c(C)c4)ncnc3cc2OC)CC(S)C1. The summed E-state index contributed by atoms with van der Waals surface area (Å²) in [6, 6.07) is 9.88. The number of aromatic nitrogens is 2. The topological polar surface area (TPSA) is 95.4 Å². The van der Waals surface area contributed by atoms with Crippen molar-refractivity contribution < 1.29 is 14.3 Å². The molecular weight excluding hydrogens is 586 g/mol. The molecule has 3 aromatic rings. The largest absolute Gasteiger partial charge is 0.495 e. The Hall–Kier alpha value is -4.95. The lowest BCUT2D eigenvalue weighted by atomic mass is 10.1. The molecule has 1 amide bonds. The fourth-order valence-electron chi connectivity index (χ4n) is 5.27. The molecule has 0 aliphatic carbocycles. The van der Waals surface area contributed by atoms with Gasteiger partial charge in [-0.2, -0.15) is 17.7 Å². The maximum absolute atomic E-state index is 12.5. The summed E-state index contributed by atoms with van der Waals surface area (Å²) >= 11 is 4.78. The second kappa shape index (κ2) is 14.2. The number of methoxy groups -OCH3 is 1. The molecule has 1 unspecified atom stereocenters. The van der Waals surface area contributed by atoms with Crippen LogP contribution in [-0.4, -0.2) is 70.5 Å². The van der Waals surface area contributed by atoms with Crippen molar-refractivity contribution in [3.63, 3.8) is 0 Å². The second-order valence-electron chi connectivity index (χ2n) is 10.5. The average molecular weight is 624 g/mol. The number of nitrogens with one attached hydrogen (secondary N) is 1. The van der Waals surface area contributed by atoms with Gasteiger partial charge in [-0.05, 0) is 69.5 Å². The summed E-state index contributed by atoms with van der Waals surface area (Å²) in [6.45, 7) is 9.82. The molecule has 1 aromatic heterocycles. The van der Waals surface area contributed by atoms with Gasteiger partial charge in [0.2, 0.25) is 0 Å². The Bertz CT molecular complexity index is 1770. The Balaban J connectivity index is 1.39. The van der Waals surface area contributed by atoms with Crippen molar-refractivity contribution in [2.45, 2.75) is 32.9 Å². The van der Waals surface area contributed by atoms with Crippen molar-refractivity contribution in [2.24, 2.45) is 5.10 Å². The predicted molar refractivity (Wildman–Crippen MR) is 183 cm³/mol. The Morgan fingerprint density at radius 1 is 1.16 bits per heavy atom. The van der Waals surface area contributed by atoms with Crippen LogP contribution in [0.1, 0.15) is 26.3 Å². The number of rotatable bonds is 7. The second-order valence-corrected chi connectivity index (χ2v) is 11.2. The molecule has 0 bridgehead atoms. The highest BCUT2D eigenvalue weighted by Gasteiger charge is 2.26. The number of allylic oxidation sites excluding steroid dienone is 3. The molecule has 0 radical (unpaired) electrons. The van der Waals surface area contributed by atoms with Crippen molar-refractivity contribution in [1.82, 2.24) is 19.9 Å². The third-order valence-corrected chi connectivity index (χ3v) is 7.76. The summed E-state index contributed by atoms with van der Waals surface area (Å²) in [5.41, 5.74) is 4.38. The van der Waals surface area contributed by atoms with E-state index >= 15 is 0 Å². The fraction of sp³-hybridized carbons (Fsp3) is 0.294. The molecule has 1 saturated heterocycles. The molecule has 1 atom stereocenters. The minimum Gasteiger partial charge on any atom is -0.495 e. The van der Waals surface area contributed by atoms with Crippen LogP contribution in [0.4, 0.5) is 17.2 Å². The summed E-state index contributed by atoms with van der Waals surface area (Å²) in [6.07, 6.45) is 11.0. The van der Waals surface area contributed by atoms with Crippen molar-refractivity contribution >= 4 is 52.8 Å². The predicted octanol–water partition coefficient (Wildman–Crippen LogP) is 5.66. The van der Waals surface area contributed by atoms with Crippen molar-refractivity contribution in [3.8, 4) is 23.3 Å². The molecule has 5 rings (SSSR count). The van der Waals surface area contributed by atoms with Gasteiger partial charge in [-0.1, -0.05) is 12.0 Å². The molecule has 45 heavy (non-hydrogen) atoms. The number of carbonyl (C=O) groups excluding carboxylic acids is 1. The highest BCUT2D eigenvalue weighted by molar-refractivity contribution is 7.81. The van der Waals surface area contributed by atoms with Gasteiger partial charge in [0, 0.05) is 67.1 Å². The van der Waals surface area contributed by atoms with Crippen LogP contribution in [0.15, 0.2) is 77.6 Å². The van der Waals surface area contributed by atoms with Gasteiger partial charge in [-0.25, -0.2) is 15.0 Å². The van der Waals surface area contributed by atoms with Crippen molar-refractivity contribution in [3.05, 3.63) is 78.1 Å². The van der Waals surface area contributed by atoms with Gasteiger partial charge in [0.15, 0.2) is 0 Å². The number of anilines is 3. The summed E-state index contributed by atoms with van der Waals surface area (Å²) < 4.78 is 12.0. The van der Waals surface area contributed by atoms with E-state index in [1.165, 1.54) is 6.33 Å². The van der Waals surface area contributed by atoms with E-state index in [0.29, 0.717) is 37.7 Å². The van der Waals surface area contributed by atoms with E-state index in [0.717, 1.165) is 45.0 Å². The van der Waals surface area contributed by atoms with Crippen LogP contribution in [0.25, 0.3) is 10.9 Å². The highest BCUT2D eigenvalue weighted by atomic mass is 32.1. The van der Waals surface area contributed by atoms with E-state index < -0.39 is 0 Å². The van der Waals surface area contributed by atoms with Crippen LogP contribution in [-0.2, 0) is 4.79 Å². The van der Waals surface area contributed by atoms with Crippen LogP contribution in [0.3, 0.4) is 0 Å². The standard InChI is InChI=1S/C34H37N7O3S/c1-6-9-33(42)40-15-14-39(20-27(45)21-40)30-18-28-29(19-32(30)43-5)35-22-36-34(28)38-24-10-11-31(23(4)16-24)44-26-12-13-41(37-8-3)25(7-2)17-26/h7-8,10-13,16-19,22,27,45H,14-15,20-21H2,1-5H3,(H,35,36,38)/b25-7?,37-8-. The minimum absolute atomic E-state index is 0.0583. The zero-order valence-corrected chi connectivity index (χ0v) is 27.0. The smallest absolute Gasteiger partial charge is 0.298 e. The maximum atomic E-state index is 12.5. The van der Waals surface area contributed by atoms with Gasteiger partial charge in [0.05, 0.1) is 24.0 Å². The number of hydrazone groups is 1. The Morgan fingerprint density at radius 2 is 2.00 bits per heavy atom. The Morgan fingerprint density at radius 3 is 2.73 bits per heavy atom. The van der Waals surface area contributed by atoms with Gasteiger partial charge >= 0.3 is 0 Å². The monoisotopic (exact) mass is 623 g/mol. The first-order valence-electron chi connectivity index (χ1n) is 14.7. The lowest BCUT2D eigenvalue weighted by molar-refractivity contribution is -0.124. The summed E-state index contributed by atoms with van der Waals surface area (Å²) in [5.74, 6) is 7.99. The van der Waals surface area contributed by atoms with Gasteiger partial charge < -0.3 is 24.6 Å². The zero-order valence-electron chi connectivity index (χ0n) is 26.1. The molecule has 2 aromatic carbocycles. The highest BCUT2D eigenvalue weighted by Crippen LogP contribution is 2.37. The zero-order chi connectivity index (χ0) is 31.9. The van der Waals surface area contributed by atoms with Gasteiger partial charge in [-0.3, -0.25) is 4.79 Å². The first kappa shape index (κ1) is 31.5. The average Bonchev–Trinajstić information content (AvgIpc) is 3.24. The number of aryl methyl sites for hydroxylation is 1. The molecular formula is C34H37N7O3S. The molecule has 0 spiro atoms. The number of thiol groups is 1. The van der Waals surface area contributed by atoms with Crippen molar-refractivity contribution in [1.29, 1.82) is 0 Å². The molecule has 1 N–H and O–H groups in total. The Labute approximate surface area is 269 Å². The van der Waals surface area contributed by atoms with Crippen LogP contribution in [0.2, 0.25) is 0 Å². The molecule has 2 aliphatic rings. The maximum Gasteiger partial charge on any atom is 0.298 e. The minimum atomic E-state index is -0.182. The molecule has 3 heterocycles. The number of fused-ring (bicyclic) bond motifs is 1.